The molecule has 0 spiro atoms. The number of carbonyl (C=O) groups is 2. The van der Waals surface area contributed by atoms with Gasteiger partial charge in [-0.2, -0.15) is 0 Å². The van der Waals surface area contributed by atoms with E-state index in [1.54, 1.807) is 0 Å². The van der Waals surface area contributed by atoms with Gasteiger partial charge < -0.3 is 10.1 Å². The first kappa shape index (κ1) is 17.6. The van der Waals surface area contributed by atoms with Crippen LogP contribution in [0.4, 0.5) is 14.5 Å². The zero-order valence-corrected chi connectivity index (χ0v) is 13.0. The van der Waals surface area contributed by atoms with Crippen molar-refractivity contribution in [3.8, 4) is 0 Å². The Kier molecular flexibility index (Phi) is 6.03. The third kappa shape index (κ3) is 5.48. The Bertz CT molecular complexity index is 776. The van der Waals surface area contributed by atoms with Gasteiger partial charge in [0.1, 0.15) is 11.6 Å². The quantitative estimate of drug-likeness (QED) is 0.658. The van der Waals surface area contributed by atoms with Crippen molar-refractivity contribution in [3.63, 3.8) is 0 Å². The Balaban J connectivity index is 1.81. The summed E-state index contributed by atoms with van der Waals surface area (Å²) in [6, 6.07) is 9.11. The topological polar surface area (TPSA) is 55.4 Å². The second-order valence-corrected chi connectivity index (χ2v) is 5.08. The molecule has 0 saturated carbocycles. The number of carbonyl (C=O) groups excluding carboxylic acids is 2. The Morgan fingerprint density at radius 3 is 2.50 bits per heavy atom. The van der Waals surface area contributed by atoms with Crippen LogP contribution in [-0.4, -0.2) is 18.5 Å². The minimum atomic E-state index is -0.746. The molecule has 2 aromatic carbocycles. The number of rotatable bonds is 5. The van der Waals surface area contributed by atoms with Gasteiger partial charge >= 0.3 is 5.97 Å². The van der Waals surface area contributed by atoms with Gasteiger partial charge in [0.15, 0.2) is 6.61 Å². The van der Waals surface area contributed by atoms with E-state index in [-0.39, 0.29) is 5.02 Å². The lowest BCUT2D eigenvalue weighted by Gasteiger charge is -2.05. The molecule has 0 unspecified atom stereocenters. The summed E-state index contributed by atoms with van der Waals surface area (Å²) in [6.07, 6.45) is 2.47. The van der Waals surface area contributed by atoms with Crippen LogP contribution >= 0.6 is 11.6 Å². The second-order valence-electron chi connectivity index (χ2n) is 4.67. The highest BCUT2D eigenvalue weighted by molar-refractivity contribution is 6.30. The summed E-state index contributed by atoms with van der Waals surface area (Å²) in [7, 11) is 0. The van der Waals surface area contributed by atoms with Gasteiger partial charge in [-0.25, -0.2) is 13.6 Å². The van der Waals surface area contributed by atoms with Crippen molar-refractivity contribution in [1.29, 1.82) is 0 Å². The van der Waals surface area contributed by atoms with Crippen molar-refractivity contribution in [1.82, 2.24) is 0 Å². The van der Waals surface area contributed by atoms with Crippen LogP contribution in [0.15, 0.2) is 48.5 Å². The molecule has 2 aromatic rings. The van der Waals surface area contributed by atoms with Crippen LogP contribution in [0.5, 0.6) is 0 Å². The van der Waals surface area contributed by atoms with Crippen LogP contribution in [-0.2, 0) is 14.3 Å². The Morgan fingerprint density at radius 1 is 1.12 bits per heavy atom. The molecular weight excluding hydrogens is 340 g/mol. The van der Waals surface area contributed by atoms with E-state index in [0.717, 1.165) is 6.08 Å². The number of benzene rings is 2. The molecule has 0 saturated heterocycles. The van der Waals surface area contributed by atoms with Crippen molar-refractivity contribution in [2.45, 2.75) is 0 Å². The predicted molar refractivity (Wildman–Crippen MR) is 86.4 cm³/mol. The molecule has 4 nitrogen and oxygen atoms in total. The van der Waals surface area contributed by atoms with E-state index in [4.69, 9.17) is 16.3 Å². The van der Waals surface area contributed by atoms with E-state index in [1.165, 1.54) is 48.5 Å². The average Bonchev–Trinajstić information content (AvgIpc) is 2.56. The first-order valence-electron chi connectivity index (χ1n) is 6.79. The van der Waals surface area contributed by atoms with Gasteiger partial charge in [0.25, 0.3) is 5.91 Å². The van der Waals surface area contributed by atoms with Gasteiger partial charge in [-0.05, 0) is 48.0 Å². The summed E-state index contributed by atoms with van der Waals surface area (Å²) in [6.45, 7) is -0.495. The number of hydrogen-bond donors (Lipinski definition) is 1. The zero-order chi connectivity index (χ0) is 17.5. The molecule has 0 aliphatic heterocycles. The third-order valence-corrected chi connectivity index (χ3v) is 3.12. The van der Waals surface area contributed by atoms with Gasteiger partial charge in [-0.15, -0.1) is 0 Å². The molecule has 0 fully saturated rings. The minimum absolute atomic E-state index is 0.0656. The lowest BCUT2D eigenvalue weighted by molar-refractivity contribution is -0.142. The highest BCUT2D eigenvalue weighted by Gasteiger charge is 2.06. The second kappa shape index (κ2) is 8.21. The predicted octanol–water partition coefficient (Wildman–Crippen LogP) is 3.81. The maximum atomic E-state index is 13.0. The average molecular weight is 352 g/mol. The van der Waals surface area contributed by atoms with Gasteiger partial charge in [0, 0.05) is 11.8 Å². The number of anilines is 1. The number of amides is 1. The lowest BCUT2D eigenvalue weighted by Crippen LogP contribution is -2.20. The Morgan fingerprint density at radius 2 is 1.83 bits per heavy atom. The summed E-state index contributed by atoms with van der Waals surface area (Å²) >= 11 is 5.62. The van der Waals surface area contributed by atoms with Crippen molar-refractivity contribution in [2.75, 3.05) is 11.9 Å². The first-order chi connectivity index (χ1) is 11.4. The maximum Gasteiger partial charge on any atom is 0.331 e. The van der Waals surface area contributed by atoms with Gasteiger partial charge in [-0.3, -0.25) is 4.79 Å². The van der Waals surface area contributed by atoms with Crippen LogP contribution in [0.2, 0.25) is 5.02 Å². The molecule has 1 N–H and O–H groups in total. The molecule has 7 heteroatoms. The largest absolute Gasteiger partial charge is 0.452 e. The van der Waals surface area contributed by atoms with E-state index < -0.39 is 30.1 Å². The van der Waals surface area contributed by atoms with Crippen molar-refractivity contribution in [3.05, 3.63) is 70.8 Å². The SMILES string of the molecule is O=C(COC(=O)/C=C/c1ccc(F)c(Cl)c1)Nc1ccc(F)cc1. The smallest absolute Gasteiger partial charge is 0.331 e. The van der Waals surface area contributed by atoms with Gasteiger partial charge in [0.05, 0.1) is 5.02 Å². The number of ether oxygens (including phenoxy) is 1. The summed E-state index contributed by atoms with van der Waals surface area (Å²) in [5.41, 5.74) is 0.892. The monoisotopic (exact) mass is 351 g/mol. The molecule has 0 aliphatic rings. The van der Waals surface area contributed by atoms with E-state index in [0.29, 0.717) is 11.3 Å². The molecule has 124 valence electrons. The molecule has 0 bridgehead atoms. The van der Waals surface area contributed by atoms with Crippen molar-refractivity contribution >= 4 is 35.2 Å². The summed E-state index contributed by atoms with van der Waals surface area (Å²) in [5, 5.41) is 2.38. The van der Waals surface area contributed by atoms with Crippen molar-refractivity contribution in [2.24, 2.45) is 0 Å². The molecular formula is C17H12ClF2NO3. The van der Waals surface area contributed by atoms with Crippen LogP contribution in [0.1, 0.15) is 5.56 Å². The number of halogens is 3. The highest BCUT2D eigenvalue weighted by Crippen LogP contribution is 2.16. The maximum absolute atomic E-state index is 13.0. The van der Waals surface area contributed by atoms with Crippen molar-refractivity contribution < 1.29 is 23.1 Å². The fourth-order valence-corrected chi connectivity index (χ4v) is 1.88. The van der Waals surface area contributed by atoms with E-state index >= 15 is 0 Å². The molecule has 0 atom stereocenters. The summed E-state index contributed by atoms with van der Waals surface area (Å²) < 4.78 is 30.5. The summed E-state index contributed by atoms with van der Waals surface area (Å²) in [5.74, 6) is -2.29. The first-order valence-corrected chi connectivity index (χ1v) is 7.17. The lowest BCUT2D eigenvalue weighted by atomic mass is 10.2. The molecule has 2 rings (SSSR count). The fourth-order valence-electron chi connectivity index (χ4n) is 1.70. The molecule has 0 aromatic heterocycles. The minimum Gasteiger partial charge on any atom is -0.452 e. The molecule has 0 aliphatic carbocycles. The fraction of sp³-hybridized carbons (Fsp3) is 0.0588. The van der Waals surface area contributed by atoms with Crippen LogP contribution in [0, 0.1) is 11.6 Å². The van der Waals surface area contributed by atoms with Gasteiger partial charge in [-0.1, -0.05) is 17.7 Å². The van der Waals surface area contributed by atoms with Crippen LogP contribution in [0.3, 0.4) is 0 Å². The zero-order valence-electron chi connectivity index (χ0n) is 12.3. The molecule has 1 amide bonds. The Labute approximate surface area is 141 Å². The third-order valence-electron chi connectivity index (χ3n) is 2.83. The number of esters is 1. The van der Waals surface area contributed by atoms with Crippen LogP contribution < -0.4 is 5.32 Å². The molecule has 24 heavy (non-hydrogen) atoms. The highest BCUT2D eigenvalue weighted by atomic mass is 35.5. The number of hydrogen-bond acceptors (Lipinski definition) is 3. The van der Waals surface area contributed by atoms with Crippen LogP contribution in [0.25, 0.3) is 6.08 Å². The molecule has 0 heterocycles. The van der Waals surface area contributed by atoms with Gasteiger partial charge in [0.2, 0.25) is 0 Å². The summed E-state index contributed by atoms with van der Waals surface area (Å²) in [4.78, 5) is 23.1. The normalized spacial score (nSPS) is 10.6. The standard InChI is InChI=1S/C17H12ClF2NO3/c18-14-9-11(1-7-15(14)20)2-8-17(23)24-10-16(22)21-13-5-3-12(19)4-6-13/h1-9H,10H2,(H,21,22)/b8-2+. The van der Waals surface area contributed by atoms with E-state index in [2.05, 4.69) is 5.32 Å². The van der Waals surface area contributed by atoms with E-state index in [1.807, 2.05) is 0 Å². The van der Waals surface area contributed by atoms with E-state index in [9.17, 15) is 18.4 Å². The Hall–Kier alpha value is -2.73. The molecule has 0 radical (unpaired) electrons. The number of nitrogens with one attached hydrogen (secondary N) is 1.